The van der Waals surface area contributed by atoms with Gasteiger partial charge < -0.3 is 15.0 Å². The van der Waals surface area contributed by atoms with Gasteiger partial charge in [0, 0.05) is 18.1 Å². The highest BCUT2D eigenvalue weighted by molar-refractivity contribution is 6.31. The van der Waals surface area contributed by atoms with Gasteiger partial charge in [0.05, 0.1) is 0 Å². The number of hydrogen-bond donors (Lipinski definition) is 1. The number of hydrogen-bond acceptors (Lipinski definition) is 3. The lowest BCUT2D eigenvalue weighted by atomic mass is 10.1. The minimum absolute atomic E-state index is 0.137. The molecule has 0 unspecified atom stereocenters. The lowest BCUT2D eigenvalue weighted by Crippen LogP contribution is -2.48. The van der Waals surface area contributed by atoms with E-state index in [1.165, 1.54) is 17.0 Å². The van der Waals surface area contributed by atoms with Crippen molar-refractivity contribution in [3.8, 4) is 5.75 Å². The molecule has 0 radical (unpaired) electrons. The van der Waals surface area contributed by atoms with Crippen molar-refractivity contribution in [2.75, 3.05) is 6.61 Å². The van der Waals surface area contributed by atoms with Crippen molar-refractivity contribution in [1.82, 2.24) is 10.2 Å². The van der Waals surface area contributed by atoms with Gasteiger partial charge in [0.1, 0.15) is 17.6 Å². The number of carbonyl (C=O) groups excluding carboxylic acids is 2. The second-order valence-electron chi connectivity index (χ2n) is 7.24. The molecule has 0 saturated heterocycles. The third-order valence-electron chi connectivity index (χ3n) is 4.95. The molecule has 3 aromatic rings. The average Bonchev–Trinajstić information content (AvgIpc) is 2.81. The second-order valence-corrected chi connectivity index (χ2v) is 7.64. The number of benzene rings is 3. The topological polar surface area (TPSA) is 58.6 Å². The molecule has 0 saturated carbocycles. The van der Waals surface area contributed by atoms with Gasteiger partial charge in [-0.1, -0.05) is 60.1 Å². The third-order valence-corrected chi connectivity index (χ3v) is 5.32. The molecule has 1 N–H and O–H groups in total. The number of halogens is 2. The van der Waals surface area contributed by atoms with Crippen LogP contribution >= 0.6 is 11.6 Å². The summed E-state index contributed by atoms with van der Waals surface area (Å²) in [7, 11) is 0. The molecule has 0 aliphatic carbocycles. The van der Waals surface area contributed by atoms with Gasteiger partial charge in [-0.15, -0.1) is 0 Å². The van der Waals surface area contributed by atoms with Crippen molar-refractivity contribution in [3.05, 3.63) is 101 Å². The maximum Gasteiger partial charge on any atom is 0.261 e. The Morgan fingerprint density at radius 1 is 1.00 bits per heavy atom. The molecule has 32 heavy (non-hydrogen) atoms. The van der Waals surface area contributed by atoms with E-state index in [1.807, 2.05) is 24.3 Å². The SMILES string of the molecule is C[C@H](C(=O)NCc1ccccc1Cl)N(Cc1ccc(F)cc1)C(=O)COc1ccccc1. The van der Waals surface area contributed by atoms with Crippen LogP contribution in [0.25, 0.3) is 0 Å². The fourth-order valence-corrected chi connectivity index (χ4v) is 3.29. The van der Waals surface area contributed by atoms with E-state index in [0.717, 1.165) is 5.56 Å². The molecule has 1 atom stereocenters. The van der Waals surface area contributed by atoms with E-state index in [9.17, 15) is 14.0 Å². The van der Waals surface area contributed by atoms with Crippen molar-refractivity contribution in [1.29, 1.82) is 0 Å². The Hall–Kier alpha value is -3.38. The number of amides is 2. The second kappa shape index (κ2) is 11.3. The maximum absolute atomic E-state index is 13.3. The van der Waals surface area contributed by atoms with Gasteiger partial charge in [-0.05, 0) is 48.4 Å². The fourth-order valence-electron chi connectivity index (χ4n) is 3.09. The zero-order valence-electron chi connectivity index (χ0n) is 17.6. The van der Waals surface area contributed by atoms with E-state index in [1.54, 1.807) is 49.4 Å². The number of ether oxygens (including phenoxy) is 1. The Morgan fingerprint density at radius 2 is 1.66 bits per heavy atom. The van der Waals surface area contributed by atoms with Crippen LogP contribution in [-0.2, 0) is 22.7 Å². The van der Waals surface area contributed by atoms with Crippen LogP contribution in [0.5, 0.6) is 5.75 Å². The van der Waals surface area contributed by atoms with Crippen molar-refractivity contribution in [2.24, 2.45) is 0 Å². The van der Waals surface area contributed by atoms with Crippen LogP contribution in [0.2, 0.25) is 5.02 Å². The van der Waals surface area contributed by atoms with E-state index in [2.05, 4.69) is 5.32 Å². The smallest absolute Gasteiger partial charge is 0.261 e. The Morgan fingerprint density at radius 3 is 2.34 bits per heavy atom. The molecule has 0 heterocycles. The molecular formula is C25H24ClFN2O3. The lowest BCUT2D eigenvalue weighted by molar-refractivity contribution is -0.142. The highest BCUT2D eigenvalue weighted by Gasteiger charge is 2.26. The molecule has 0 aliphatic heterocycles. The van der Waals surface area contributed by atoms with Gasteiger partial charge in [0.25, 0.3) is 5.91 Å². The van der Waals surface area contributed by atoms with Crippen molar-refractivity contribution in [2.45, 2.75) is 26.1 Å². The minimum Gasteiger partial charge on any atom is -0.484 e. The van der Waals surface area contributed by atoms with Gasteiger partial charge in [0.2, 0.25) is 5.91 Å². The molecule has 166 valence electrons. The molecule has 0 aliphatic rings. The number of carbonyl (C=O) groups is 2. The summed E-state index contributed by atoms with van der Waals surface area (Å²) in [6.07, 6.45) is 0. The summed E-state index contributed by atoms with van der Waals surface area (Å²) in [5.74, 6) is -0.512. The molecule has 3 rings (SSSR count). The predicted octanol–water partition coefficient (Wildman–Crippen LogP) is 4.59. The Balaban J connectivity index is 1.70. The monoisotopic (exact) mass is 454 g/mol. The average molecular weight is 455 g/mol. The summed E-state index contributed by atoms with van der Waals surface area (Å²) < 4.78 is 18.9. The van der Waals surface area contributed by atoms with Gasteiger partial charge in [-0.25, -0.2) is 4.39 Å². The predicted molar refractivity (Wildman–Crippen MR) is 122 cm³/mol. The van der Waals surface area contributed by atoms with Crippen molar-refractivity contribution >= 4 is 23.4 Å². The van der Waals surface area contributed by atoms with Crippen LogP contribution in [0.1, 0.15) is 18.1 Å². The van der Waals surface area contributed by atoms with Crippen LogP contribution in [0.15, 0.2) is 78.9 Å². The van der Waals surface area contributed by atoms with E-state index in [0.29, 0.717) is 16.3 Å². The van der Waals surface area contributed by atoms with Gasteiger partial charge in [0.15, 0.2) is 6.61 Å². The van der Waals surface area contributed by atoms with E-state index in [4.69, 9.17) is 16.3 Å². The number of para-hydroxylation sites is 1. The summed E-state index contributed by atoms with van der Waals surface area (Å²) in [5.41, 5.74) is 1.48. The third kappa shape index (κ3) is 6.56. The summed E-state index contributed by atoms with van der Waals surface area (Å²) >= 11 is 6.16. The van der Waals surface area contributed by atoms with E-state index < -0.39 is 6.04 Å². The first-order valence-corrected chi connectivity index (χ1v) is 10.5. The van der Waals surface area contributed by atoms with Crippen LogP contribution < -0.4 is 10.1 Å². The normalized spacial score (nSPS) is 11.5. The summed E-state index contributed by atoms with van der Waals surface area (Å²) in [6, 6.07) is 21.2. The molecule has 0 fully saturated rings. The first-order valence-electron chi connectivity index (χ1n) is 10.2. The van der Waals surface area contributed by atoms with Crippen LogP contribution in [0.4, 0.5) is 4.39 Å². The minimum atomic E-state index is -0.783. The van der Waals surface area contributed by atoms with Crippen molar-refractivity contribution in [3.63, 3.8) is 0 Å². The molecule has 0 aromatic heterocycles. The molecule has 0 spiro atoms. The first-order chi connectivity index (χ1) is 15.4. The summed E-state index contributed by atoms with van der Waals surface area (Å²) in [5, 5.41) is 3.38. The fraction of sp³-hybridized carbons (Fsp3) is 0.200. The maximum atomic E-state index is 13.3. The first kappa shape index (κ1) is 23.3. The van der Waals surface area contributed by atoms with Gasteiger partial charge in [-0.2, -0.15) is 0 Å². The van der Waals surface area contributed by atoms with Crippen LogP contribution in [0, 0.1) is 5.82 Å². The Bertz CT molecular complexity index is 1040. The van der Waals surface area contributed by atoms with Gasteiger partial charge in [-0.3, -0.25) is 9.59 Å². The standard InChI is InChI=1S/C25H24ClFN2O3/c1-18(25(31)28-15-20-7-5-6-10-23(20)26)29(16-19-11-13-21(27)14-12-19)24(30)17-32-22-8-3-2-4-9-22/h2-14,18H,15-17H2,1H3,(H,28,31)/t18-/m1/s1. The number of rotatable bonds is 9. The van der Waals surface area contributed by atoms with Crippen molar-refractivity contribution < 1.29 is 18.7 Å². The Kier molecular flexibility index (Phi) is 8.22. The quantitative estimate of drug-likeness (QED) is 0.514. The van der Waals surface area contributed by atoms with E-state index >= 15 is 0 Å². The highest BCUT2D eigenvalue weighted by atomic mass is 35.5. The zero-order valence-corrected chi connectivity index (χ0v) is 18.4. The van der Waals surface area contributed by atoms with E-state index in [-0.39, 0.29) is 37.3 Å². The zero-order chi connectivity index (χ0) is 22.9. The van der Waals surface area contributed by atoms with Gasteiger partial charge >= 0.3 is 0 Å². The summed E-state index contributed by atoms with van der Waals surface area (Å²) in [6.45, 7) is 1.79. The molecule has 3 aromatic carbocycles. The number of nitrogens with one attached hydrogen (secondary N) is 1. The number of nitrogens with zero attached hydrogens (tertiary/aromatic N) is 1. The largest absolute Gasteiger partial charge is 0.484 e. The highest BCUT2D eigenvalue weighted by Crippen LogP contribution is 2.16. The van der Waals surface area contributed by atoms with Crippen LogP contribution in [0.3, 0.4) is 0 Å². The summed E-state index contributed by atoms with van der Waals surface area (Å²) in [4.78, 5) is 27.2. The molecular weight excluding hydrogens is 431 g/mol. The molecule has 5 nitrogen and oxygen atoms in total. The molecule has 2 amide bonds. The lowest BCUT2D eigenvalue weighted by Gasteiger charge is -2.28. The van der Waals surface area contributed by atoms with Crippen LogP contribution in [-0.4, -0.2) is 29.4 Å². The molecule has 7 heteroatoms. The Labute approximate surface area is 191 Å². The molecule has 0 bridgehead atoms.